The minimum atomic E-state index is -0.208. The molecule has 3 aromatic rings. The monoisotopic (exact) mass is 376 g/mol. The molecular weight excluding hydrogens is 367 g/mol. The largest absolute Gasteiger partial charge is 0.324 e. The molecule has 0 fully saturated rings. The van der Waals surface area contributed by atoms with Gasteiger partial charge in [-0.3, -0.25) is 0 Å². The summed E-state index contributed by atoms with van der Waals surface area (Å²) in [5, 5.41) is 9.29. The van der Waals surface area contributed by atoms with Gasteiger partial charge in [-0.15, -0.1) is 0 Å². The van der Waals surface area contributed by atoms with Gasteiger partial charge in [0, 0.05) is 16.3 Å². The maximum absolute atomic E-state index is 6.41. The first-order valence-electron chi connectivity index (χ1n) is 7.21. The Kier molecular flexibility index (Phi) is 3.96. The van der Waals surface area contributed by atoms with Crippen molar-refractivity contribution in [2.45, 2.75) is 6.04 Å². The Hall–Kier alpha value is -2.01. The van der Waals surface area contributed by atoms with Crippen LogP contribution in [0, 0.1) is 0 Å². The lowest BCUT2D eigenvalue weighted by molar-refractivity contribution is 0.612. The Bertz CT molecular complexity index is 931. The summed E-state index contributed by atoms with van der Waals surface area (Å²) in [6.45, 7) is 0. The van der Waals surface area contributed by atoms with Crippen LogP contribution in [0.2, 0.25) is 15.1 Å². The molecule has 1 N–H and O–H groups in total. The van der Waals surface area contributed by atoms with Crippen molar-refractivity contribution in [3.63, 3.8) is 0 Å². The van der Waals surface area contributed by atoms with E-state index in [2.05, 4.69) is 15.4 Å². The van der Waals surface area contributed by atoms with Gasteiger partial charge in [0.15, 0.2) is 0 Å². The number of fused-ring (bicyclic) bond motifs is 1. The predicted molar refractivity (Wildman–Crippen MR) is 97.7 cm³/mol. The highest BCUT2D eigenvalue weighted by atomic mass is 35.5. The van der Waals surface area contributed by atoms with Crippen LogP contribution >= 0.6 is 34.8 Å². The van der Waals surface area contributed by atoms with E-state index in [1.165, 1.54) is 6.33 Å². The first kappa shape index (κ1) is 15.5. The van der Waals surface area contributed by atoms with Gasteiger partial charge in [0.05, 0.1) is 10.0 Å². The van der Waals surface area contributed by atoms with Crippen molar-refractivity contribution >= 4 is 46.4 Å². The van der Waals surface area contributed by atoms with E-state index in [-0.39, 0.29) is 6.04 Å². The molecule has 24 heavy (non-hydrogen) atoms. The summed E-state index contributed by atoms with van der Waals surface area (Å²) in [5.74, 6) is 0.642. The van der Waals surface area contributed by atoms with Gasteiger partial charge in [-0.05, 0) is 29.8 Å². The SMILES string of the molecule is Clc1ccc(C2=C[C@H](c3cccc(Cl)c3Cl)n3ncnc3N2)cc1. The highest BCUT2D eigenvalue weighted by Crippen LogP contribution is 2.37. The standard InChI is InChI=1S/C17H11Cl3N4/c18-11-6-4-10(5-7-11)14-8-15(24-17(23-14)21-9-22-24)12-2-1-3-13(19)16(12)20/h1-9,15H,(H,21,22,23)/t15-/m1/s1. The van der Waals surface area contributed by atoms with Crippen molar-refractivity contribution in [2.24, 2.45) is 0 Å². The summed E-state index contributed by atoms with van der Waals surface area (Å²) in [6, 6.07) is 13.0. The van der Waals surface area contributed by atoms with Crippen molar-refractivity contribution in [3.05, 3.63) is 81.1 Å². The molecule has 1 aliphatic heterocycles. The smallest absolute Gasteiger partial charge is 0.226 e. The van der Waals surface area contributed by atoms with Crippen LogP contribution in [-0.4, -0.2) is 14.8 Å². The summed E-state index contributed by atoms with van der Waals surface area (Å²) >= 11 is 18.6. The highest BCUT2D eigenvalue weighted by Gasteiger charge is 2.25. The van der Waals surface area contributed by atoms with Gasteiger partial charge in [-0.2, -0.15) is 10.1 Å². The third kappa shape index (κ3) is 2.67. The molecule has 7 heteroatoms. The molecule has 0 bridgehead atoms. The number of aromatic nitrogens is 3. The zero-order valence-corrected chi connectivity index (χ0v) is 14.5. The maximum Gasteiger partial charge on any atom is 0.226 e. The Morgan fingerprint density at radius 1 is 1.00 bits per heavy atom. The zero-order chi connectivity index (χ0) is 16.7. The quantitative estimate of drug-likeness (QED) is 0.659. The fraction of sp³-hybridized carbons (Fsp3) is 0.0588. The summed E-state index contributed by atoms with van der Waals surface area (Å²) in [7, 11) is 0. The topological polar surface area (TPSA) is 42.7 Å². The first-order chi connectivity index (χ1) is 11.6. The molecule has 4 rings (SSSR count). The summed E-state index contributed by atoms with van der Waals surface area (Å²) in [4.78, 5) is 4.28. The number of benzene rings is 2. The molecule has 0 unspecified atom stereocenters. The van der Waals surface area contributed by atoms with E-state index in [0.717, 1.165) is 16.8 Å². The molecule has 120 valence electrons. The van der Waals surface area contributed by atoms with Crippen molar-refractivity contribution < 1.29 is 0 Å². The number of rotatable bonds is 2. The van der Waals surface area contributed by atoms with Gasteiger partial charge in [0.2, 0.25) is 5.95 Å². The molecular formula is C17H11Cl3N4. The molecule has 1 aliphatic rings. The lowest BCUT2D eigenvalue weighted by Crippen LogP contribution is -2.20. The van der Waals surface area contributed by atoms with E-state index in [9.17, 15) is 0 Å². The van der Waals surface area contributed by atoms with E-state index in [1.54, 1.807) is 10.7 Å². The zero-order valence-electron chi connectivity index (χ0n) is 12.2. The number of hydrogen-bond acceptors (Lipinski definition) is 3. The molecule has 0 saturated heterocycles. The van der Waals surface area contributed by atoms with Crippen molar-refractivity contribution in [1.29, 1.82) is 0 Å². The van der Waals surface area contributed by atoms with Gasteiger partial charge < -0.3 is 5.32 Å². The van der Waals surface area contributed by atoms with E-state index in [4.69, 9.17) is 34.8 Å². The van der Waals surface area contributed by atoms with E-state index in [0.29, 0.717) is 21.0 Å². The van der Waals surface area contributed by atoms with Crippen LogP contribution in [0.3, 0.4) is 0 Å². The van der Waals surface area contributed by atoms with Crippen LogP contribution in [0.5, 0.6) is 0 Å². The van der Waals surface area contributed by atoms with E-state index in [1.807, 2.05) is 42.5 Å². The molecule has 0 radical (unpaired) electrons. The molecule has 0 amide bonds. The number of nitrogens with zero attached hydrogens (tertiary/aromatic N) is 3. The van der Waals surface area contributed by atoms with Crippen LogP contribution in [0.25, 0.3) is 5.70 Å². The number of hydrogen-bond donors (Lipinski definition) is 1. The highest BCUT2D eigenvalue weighted by molar-refractivity contribution is 6.42. The number of anilines is 1. The molecule has 1 aromatic heterocycles. The Labute approximate surface area is 153 Å². The molecule has 2 heterocycles. The number of nitrogens with one attached hydrogen (secondary N) is 1. The molecule has 1 atom stereocenters. The van der Waals surface area contributed by atoms with Crippen LogP contribution in [0.15, 0.2) is 54.9 Å². The molecule has 2 aromatic carbocycles. The van der Waals surface area contributed by atoms with Crippen LogP contribution in [0.4, 0.5) is 5.95 Å². The average Bonchev–Trinajstić information content (AvgIpc) is 3.06. The molecule has 0 aliphatic carbocycles. The minimum Gasteiger partial charge on any atom is -0.324 e. The van der Waals surface area contributed by atoms with Crippen molar-refractivity contribution in [3.8, 4) is 0 Å². The second-order valence-corrected chi connectivity index (χ2v) is 6.55. The summed E-state index contributed by atoms with van der Waals surface area (Å²) in [5.41, 5.74) is 2.77. The fourth-order valence-corrected chi connectivity index (χ4v) is 3.25. The molecule has 0 spiro atoms. The Balaban J connectivity index is 1.85. The van der Waals surface area contributed by atoms with Gasteiger partial charge in [0.1, 0.15) is 12.4 Å². The number of allylic oxidation sites excluding steroid dienone is 1. The second kappa shape index (κ2) is 6.13. The lowest BCUT2D eigenvalue weighted by Gasteiger charge is -2.25. The predicted octanol–water partition coefficient (Wildman–Crippen LogP) is 5.29. The first-order valence-corrected chi connectivity index (χ1v) is 8.35. The third-order valence-electron chi connectivity index (χ3n) is 3.86. The fourth-order valence-electron chi connectivity index (χ4n) is 2.70. The van der Waals surface area contributed by atoms with E-state index < -0.39 is 0 Å². The van der Waals surface area contributed by atoms with Crippen LogP contribution in [-0.2, 0) is 0 Å². The van der Waals surface area contributed by atoms with Gasteiger partial charge >= 0.3 is 0 Å². The Morgan fingerprint density at radius 2 is 1.79 bits per heavy atom. The average molecular weight is 378 g/mol. The minimum absolute atomic E-state index is 0.208. The summed E-state index contributed by atoms with van der Waals surface area (Å²) in [6.07, 6.45) is 3.55. The van der Waals surface area contributed by atoms with Gasteiger partial charge in [0.25, 0.3) is 0 Å². The van der Waals surface area contributed by atoms with Crippen molar-refractivity contribution in [1.82, 2.24) is 14.8 Å². The van der Waals surface area contributed by atoms with Gasteiger partial charge in [-0.1, -0.05) is 59.1 Å². The van der Waals surface area contributed by atoms with Crippen molar-refractivity contribution in [2.75, 3.05) is 5.32 Å². The number of halogens is 3. The van der Waals surface area contributed by atoms with Crippen LogP contribution in [0.1, 0.15) is 17.2 Å². The molecule has 0 saturated carbocycles. The normalized spacial score (nSPS) is 16.3. The third-order valence-corrected chi connectivity index (χ3v) is 4.95. The van der Waals surface area contributed by atoms with Crippen LogP contribution < -0.4 is 5.32 Å². The van der Waals surface area contributed by atoms with Gasteiger partial charge in [-0.25, -0.2) is 4.68 Å². The lowest BCUT2D eigenvalue weighted by atomic mass is 10.0. The Morgan fingerprint density at radius 3 is 2.58 bits per heavy atom. The summed E-state index contributed by atoms with van der Waals surface area (Å²) < 4.78 is 1.77. The van der Waals surface area contributed by atoms with E-state index >= 15 is 0 Å². The maximum atomic E-state index is 6.41. The molecule has 4 nitrogen and oxygen atoms in total. The second-order valence-electron chi connectivity index (χ2n) is 5.33.